The van der Waals surface area contributed by atoms with Crippen LogP contribution in [0.1, 0.15) is 16.8 Å². The molecule has 0 saturated carbocycles. The smallest absolute Gasteiger partial charge is 0.258 e. The molecule has 0 fully saturated rings. The Morgan fingerprint density at radius 3 is 2.83 bits per heavy atom. The lowest BCUT2D eigenvalue weighted by molar-refractivity contribution is 0.242. The van der Waals surface area contributed by atoms with E-state index in [1.54, 1.807) is 24.4 Å². The normalized spacial score (nSPS) is 14.8. The summed E-state index contributed by atoms with van der Waals surface area (Å²) < 4.78 is 1.48. The molecule has 0 spiro atoms. The minimum atomic E-state index is -0.0927. The molecule has 0 radical (unpaired) electrons. The van der Waals surface area contributed by atoms with Crippen molar-refractivity contribution in [1.29, 1.82) is 0 Å². The minimum absolute atomic E-state index is 0.0927. The Balaban J connectivity index is 1.61. The number of hydrogen-bond donors (Lipinski definition) is 0. The molecule has 4 nitrogen and oxygen atoms in total. The van der Waals surface area contributed by atoms with Crippen molar-refractivity contribution in [1.82, 2.24) is 14.3 Å². The second kappa shape index (κ2) is 5.80. The van der Waals surface area contributed by atoms with Gasteiger partial charge in [0.15, 0.2) is 0 Å². The number of fused-ring (bicyclic) bond motifs is 2. The minimum Gasteiger partial charge on any atom is -0.293 e. The van der Waals surface area contributed by atoms with Crippen LogP contribution in [-0.2, 0) is 19.5 Å². The van der Waals surface area contributed by atoms with E-state index in [0.29, 0.717) is 17.2 Å². The summed E-state index contributed by atoms with van der Waals surface area (Å²) in [6.45, 7) is 2.57. The van der Waals surface area contributed by atoms with Crippen LogP contribution in [-0.4, -0.2) is 20.8 Å². The van der Waals surface area contributed by atoms with Crippen molar-refractivity contribution in [3.63, 3.8) is 0 Å². The Hall–Kier alpha value is -2.17. The van der Waals surface area contributed by atoms with E-state index in [9.17, 15) is 4.79 Å². The lowest BCUT2D eigenvalue weighted by Crippen LogP contribution is -2.31. The maximum atomic E-state index is 12.2. The Labute approximate surface area is 139 Å². The van der Waals surface area contributed by atoms with Crippen molar-refractivity contribution >= 4 is 17.2 Å². The fourth-order valence-electron chi connectivity index (χ4n) is 3.13. The van der Waals surface area contributed by atoms with Gasteiger partial charge in [0.1, 0.15) is 5.65 Å². The van der Waals surface area contributed by atoms with Gasteiger partial charge in [0, 0.05) is 31.9 Å². The molecule has 4 rings (SSSR count). The molecule has 116 valence electrons. The molecule has 0 atom stereocenters. The summed E-state index contributed by atoms with van der Waals surface area (Å²) in [7, 11) is 0. The third kappa shape index (κ3) is 2.87. The Morgan fingerprint density at radius 2 is 1.96 bits per heavy atom. The van der Waals surface area contributed by atoms with Gasteiger partial charge in [-0.1, -0.05) is 35.9 Å². The van der Waals surface area contributed by atoms with Gasteiger partial charge in [0.25, 0.3) is 5.56 Å². The van der Waals surface area contributed by atoms with E-state index in [2.05, 4.69) is 34.1 Å². The highest BCUT2D eigenvalue weighted by molar-refractivity contribution is 6.30. The highest BCUT2D eigenvalue weighted by atomic mass is 35.5. The lowest BCUT2D eigenvalue weighted by atomic mass is 10.00. The molecule has 23 heavy (non-hydrogen) atoms. The van der Waals surface area contributed by atoms with Gasteiger partial charge in [0.05, 0.1) is 10.7 Å². The lowest BCUT2D eigenvalue weighted by Gasteiger charge is -2.28. The summed E-state index contributed by atoms with van der Waals surface area (Å²) in [5.41, 5.74) is 4.13. The maximum absolute atomic E-state index is 12.2. The van der Waals surface area contributed by atoms with Crippen molar-refractivity contribution < 1.29 is 0 Å². The van der Waals surface area contributed by atoms with Crippen LogP contribution in [0.15, 0.2) is 53.5 Å². The summed E-state index contributed by atoms with van der Waals surface area (Å²) in [4.78, 5) is 19.2. The number of hydrogen-bond acceptors (Lipinski definition) is 3. The van der Waals surface area contributed by atoms with E-state index in [4.69, 9.17) is 11.6 Å². The first-order chi connectivity index (χ1) is 11.2. The molecule has 5 heteroatoms. The average molecular weight is 326 g/mol. The molecule has 1 aliphatic rings. The van der Waals surface area contributed by atoms with E-state index in [0.717, 1.165) is 25.2 Å². The zero-order valence-corrected chi connectivity index (χ0v) is 13.3. The largest absolute Gasteiger partial charge is 0.293 e. The summed E-state index contributed by atoms with van der Waals surface area (Å²) in [5, 5.41) is 0.529. The second-order valence-corrected chi connectivity index (χ2v) is 6.33. The van der Waals surface area contributed by atoms with Crippen molar-refractivity contribution in [2.45, 2.75) is 19.5 Å². The number of aromatic nitrogens is 2. The van der Waals surface area contributed by atoms with Crippen molar-refractivity contribution in [3.05, 3.63) is 80.9 Å². The third-order valence-corrected chi connectivity index (χ3v) is 4.50. The van der Waals surface area contributed by atoms with E-state index in [1.807, 2.05) is 0 Å². The highest BCUT2D eigenvalue weighted by Gasteiger charge is 2.16. The van der Waals surface area contributed by atoms with E-state index in [-0.39, 0.29) is 5.56 Å². The van der Waals surface area contributed by atoms with Gasteiger partial charge in [-0.3, -0.25) is 14.1 Å². The van der Waals surface area contributed by atoms with Crippen LogP contribution >= 0.6 is 11.6 Å². The third-order valence-electron chi connectivity index (χ3n) is 4.27. The summed E-state index contributed by atoms with van der Waals surface area (Å²) in [6, 6.07) is 13.7. The molecular formula is C18H16ClN3O. The first-order valence-corrected chi connectivity index (χ1v) is 8.04. The summed E-state index contributed by atoms with van der Waals surface area (Å²) >= 11 is 5.94. The van der Waals surface area contributed by atoms with E-state index in [1.165, 1.54) is 15.5 Å². The fraction of sp³-hybridized carbons (Fsp3) is 0.222. The first kappa shape index (κ1) is 14.4. The van der Waals surface area contributed by atoms with Gasteiger partial charge in [0.2, 0.25) is 0 Å². The zero-order chi connectivity index (χ0) is 15.8. The Morgan fingerprint density at radius 1 is 1.13 bits per heavy atom. The topological polar surface area (TPSA) is 37.6 Å². The van der Waals surface area contributed by atoms with Crippen LogP contribution in [0.2, 0.25) is 5.02 Å². The molecule has 0 amide bonds. The van der Waals surface area contributed by atoms with Crippen LogP contribution in [0.5, 0.6) is 0 Å². The number of pyridine rings is 1. The van der Waals surface area contributed by atoms with Crippen LogP contribution in [0.25, 0.3) is 5.65 Å². The summed E-state index contributed by atoms with van der Waals surface area (Å²) in [6.07, 6.45) is 2.64. The Bertz CT molecular complexity index is 935. The van der Waals surface area contributed by atoms with E-state index >= 15 is 0 Å². The van der Waals surface area contributed by atoms with Crippen LogP contribution in [0, 0.1) is 0 Å². The molecule has 0 aliphatic carbocycles. The van der Waals surface area contributed by atoms with Gasteiger partial charge >= 0.3 is 0 Å². The standard InChI is InChI=1S/C18H16ClN3O/c19-15-5-6-17-20-16(9-18(23)22(17)11-15)12-21-8-7-13-3-1-2-4-14(13)10-21/h1-6,9,11H,7-8,10,12H2. The molecule has 1 aromatic carbocycles. The van der Waals surface area contributed by atoms with Crippen LogP contribution in [0.3, 0.4) is 0 Å². The molecule has 2 aromatic heterocycles. The van der Waals surface area contributed by atoms with Crippen LogP contribution < -0.4 is 5.56 Å². The molecule has 0 N–H and O–H groups in total. The number of rotatable bonds is 2. The molecule has 3 aromatic rings. The number of benzene rings is 1. The second-order valence-electron chi connectivity index (χ2n) is 5.89. The van der Waals surface area contributed by atoms with Crippen molar-refractivity contribution in [2.24, 2.45) is 0 Å². The molecular weight excluding hydrogens is 310 g/mol. The van der Waals surface area contributed by atoms with Crippen molar-refractivity contribution in [2.75, 3.05) is 6.54 Å². The predicted octanol–water partition coefficient (Wildman–Crippen LogP) is 2.91. The quantitative estimate of drug-likeness (QED) is 0.727. The van der Waals surface area contributed by atoms with Crippen LogP contribution in [0.4, 0.5) is 0 Å². The average Bonchev–Trinajstić information content (AvgIpc) is 2.55. The van der Waals surface area contributed by atoms with Gasteiger partial charge in [-0.2, -0.15) is 0 Å². The molecule has 3 heterocycles. The zero-order valence-electron chi connectivity index (χ0n) is 12.6. The van der Waals surface area contributed by atoms with Gasteiger partial charge in [-0.15, -0.1) is 0 Å². The van der Waals surface area contributed by atoms with E-state index < -0.39 is 0 Å². The summed E-state index contributed by atoms with van der Waals surface area (Å²) in [5.74, 6) is 0. The number of nitrogens with zero attached hydrogens (tertiary/aromatic N) is 3. The molecule has 0 bridgehead atoms. The molecule has 1 aliphatic heterocycles. The number of halogens is 1. The highest BCUT2D eigenvalue weighted by Crippen LogP contribution is 2.19. The monoisotopic (exact) mass is 325 g/mol. The molecule has 0 saturated heterocycles. The maximum Gasteiger partial charge on any atom is 0.258 e. The van der Waals surface area contributed by atoms with Crippen molar-refractivity contribution in [3.8, 4) is 0 Å². The molecule has 0 unspecified atom stereocenters. The fourth-order valence-corrected chi connectivity index (χ4v) is 3.29. The first-order valence-electron chi connectivity index (χ1n) is 7.66. The predicted molar refractivity (Wildman–Crippen MR) is 90.7 cm³/mol. The van der Waals surface area contributed by atoms with Gasteiger partial charge in [-0.25, -0.2) is 4.98 Å². The van der Waals surface area contributed by atoms with Gasteiger partial charge in [-0.05, 0) is 29.7 Å². The SMILES string of the molecule is O=c1cc(CN2CCc3ccccc3C2)nc2ccc(Cl)cn12. The van der Waals surface area contributed by atoms with Gasteiger partial charge < -0.3 is 0 Å². The Kier molecular flexibility index (Phi) is 3.63.